The van der Waals surface area contributed by atoms with Crippen LogP contribution in [0.2, 0.25) is 0 Å². The van der Waals surface area contributed by atoms with Crippen molar-refractivity contribution in [2.45, 2.75) is 38.1 Å². The second-order valence-corrected chi connectivity index (χ2v) is 8.24. The van der Waals surface area contributed by atoms with E-state index in [0.29, 0.717) is 29.1 Å². The van der Waals surface area contributed by atoms with E-state index in [2.05, 4.69) is 30.5 Å². The number of aromatic nitrogens is 5. The highest BCUT2D eigenvalue weighted by Crippen LogP contribution is 2.24. The monoisotopic (exact) mass is 478 g/mol. The number of nitrogens with one attached hydrogen (secondary N) is 4. The van der Waals surface area contributed by atoms with Gasteiger partial charge < -0.3 is 32.0 Å². The molecule has 3 heterocycles. The van der Waals surface area contributed by atoms with Gasteiger partial charge >= 0.3 is 5.97 Å². The molecule has 4 rings (SSSR count). The predicted octanol–water partition coefficient (Wildman–Crippen LogP) is 1.13. The highest BCUT2D eigenvalue weighted by atomic mass is 16.4. The number of carbonyl (C=O) groups is 2. The van der Waals surface area contributed by atoms with Crippen LogP contribution in [0.15, 0.2) is 41.3 Å². The van der Waals surface area contributed by atoms with Gasteiger partial charge in [0.1, 0.15) is 17.5 Å². The molecular formula is C23H26N8O4. The lowest BCUT2D eigenvalue weighted by Gasteiger charge is -2.14. The van der Waals surface area contributed by atoms with Crippen molar-refractivity contribution < 1.29 is 14.7 Å². The summed E-state index contributed by atoms with van der Waals surface area (Å²) in [6.45, 7) is 0. The Morgan fingerprint density at radius 2 is 1.83 bits per heavy atom. The number of aryl methyl sites for hydroxylation is 3. The van der Waals surface area contributed by atoms with Crippen molar-refractivity contribution in [3.05, 3.63) is 69.3 Å². The van der Waals surface area contributed by atoms with Crippen LogP contribution in [0.5, 0.6) is 0 Å². The van der Waals surface area contributed by atoms with E-state index in [1.165, 1.54) is 6.07 Å². The molecule has 0 radical (unpaired) electrons. The van der Waals surface area contributed by atoms with Crippen molar-refractivity contribution >= 4 is 34.7 Å². The zero-order valence-electron chi connectivity index (χ0n) is 18.8. The molecular weight excluding hydrogens is 452 g/mol. The maximum absolute atomic E-state index is 12.6. The Balaban J connectivity index is 1.31. The first-order chi connectivity index (χ1) is 16.8. The second kappa shape index (κ2) is 10.1. The number of carbonyl (C=O) groups excluding carboxylic acids is 1. The van der Waals surface area contributed by atoms with Crippen molar-refractivity contribution in [3.8, 4) is 0 Å². The van der Waals surface area contributed by atoms with Crippen LogP contribution in [0.3, 0.4) is 0 Å². The number of carboxylic acids is 1. The van der Waals surface area contributed by atoms with E-state index in [4.69, 9.17) is 11.5 Å². The van der Waals surface area contributed by atoms with Gasteiger partial charge in [0.25, 0.3) is 11.5 Å². The number of nitrogen functional groups attached to an aromatic ring is 2. The number of aliphatic carboxylic acids is 1. The van der Waals surface area contributed by atoms with E-state index < -0.39 is 17.9 Å². The Kier molecular flexibility index (Phi) is 6.81. The largest absolute Gasteiger partial charge is 0.480 e. The van der Waals surface area contributed by atoms with Crippen LogP contribution in [0.25, 0.3) is 11.0 Å². The minimum absolute atomic E-state index is 0.124. The number of nitrogens with zero attached hydrogens (tertiary/aromatic N) is 2. The molecule has 9 N–H and O–H groups in total. The third-order valence-corrected chi connectivity index (χ3v) is 5.74. The van der Waals surface area contributed by atoms with Gasteiger partial charge in [-0.15, -0.1) is 0 Å². The number of benzene rings is 1. The fraction of sp³-hybridized carbons (Fsp3) is 0.261. The molecule has 4 aromatic rings. The molecule has 12 heteroatoms. The lowest BCUT2D eigenvalue weighted by Crippen LogP contribution is -2.41. The molecule has 0 fully saturated rings. The van der Waals surface area contributed by atoms with Gasteiger partial charge in [-0.3, -0.25) is 14.7 Å². The van der Waals surface area contributed by atoms with Crippen LogP contribution >= 0.6 is 0 Å². The third-order valence-electron chi connectivity index (χ3n) is 5.74. The predicted molar refractivity (Wildman–Crippen MR) is 130 cm³/mol. The number of amides is 1. The van der Waals surface area contributed by atoms with Gasteiger partial charge in [-0.2, -0.15) is 9.97 Å². The van der Waals surface area contributed by atoms with E-state index in [0.717, 1.165) is 35.8 Å². The second-order valence-electron chi connectivity index (χ2n) is 8.24. The normalized spacial score (nSPS) is 12.0. The Bertz CT molecular complexity index is 1400. The molecule has 0 unspecified atom stereocenters. The summed E-state index contributed by atoms with van der Waals surface area (Å²) in [5.41, 5.74) is 14.9. The average molecular weight is 479 g/mol. The molecule has 35 heavy (non-hydrogen) atoms. The molecule has 0 aliphatic carbocycles. The van der Waals surface area contributed by atoms with Crippen molar-refractivity contribution in [1.29, 1.82) is 0 Å². The average Bonchev–Trinajstić information content (AvgIpc) is 3.42. The minimum Gasteiger partial charge on any atom is -0.480 e. The Morgan fingerprint density at radius 3 is 2.51 bits per heavy atom. The van der Waals surface area contributed by atoms with Crippen molar-refractivity contribution in [2.75, 3.05) is 11.5 Å². The van der Waals surface area contributed by atoms with Gasteiger partial charge in [-0.05, 0) is 55.4 Å². The van der Waals surface area contributed by atoms with Crippen molar-refractivity contribution in [1.82, 2.24) is 30.5 Å². The van der Waals surface area contributed by atoms with Gasteiger partial charge in [0, 0.05) is 23.5 Å². The van der Waals surface area contributed by atoms with Gasteiger partial charge in [0.15, 0.2) is 0 Å². The Hall–Kier alpha value is -4.61. The van der Waals surface area contributed by atoms with Crippen LogP contribution < -0.4 is 22.3 Å². The summed E-state index contributed by atoms with van der Waals surface area (Å²) < 4.78 is 0. The van der Waals surface area contributed by atoms with Crippen LogP contribution in [0.4, 0.5) is 11.8 Å². The fourth-order valence-electron chi connectivity index (χ4n) is 3.95. The summed E-state index contributed by atoms with van der Waals surface area (Å²) in [5.74, 6) is -1.14. The zero-order valence-corrected chi connectivity index (χ0v) is 18.8. The van der Waals surface area contributed by atoms with Crippen molar-refractivity contribution in [3.63, 3.8) is 0 Å². The molecule has 182 valence electrons. The van der Waals surface area contributed by atoms with E-state index in [9.17, 15) is 19.5 Å². The molecule has 0 saturated carbocycles. The number of anilines is 2. The Labute approximate surface area is 199 Å². The van der Waals surface area contributed by atoms with Crippen molar-refractivity contribution in [2.24, 2.45) is 0 Å². The molecule has 1 atom stereocenters. The van der Waals surface area contributed by atoms with Crippen LogP contribution in [0, 0.1) is 0 Å². The number of carboxylic acid groups (broad SMARTS) is 1. The molecule has 0 bridgehead atoms. The van der Waals surface area contributed by atoms with Gasteiger partial charge in [-0.25, -0.2) is 4.79 Å². The molecule has 3 aromatic heterocycles. The quantitative estimate of drug-likeness (QED) is 0.175. The van der Waals surface area contributed by atoms with Crippen LogP contribution in [-0.2, 0) is 24.1 Å². The van der Waals surface area contributed by atoms with Gasteiger partial charge in [0.2, 0.25) is 5.95 Å². The van der Waals surface area contributed by atoms with Gasteiger partial charge in [0.05, 0.1) is 5.39 Å². The molecule has 0 saturated heterocycles. The van der Waals surface area contributed by atoms with E-state index >= 15 is 0 Å². The Morgan fingerprint density at radius 1 is 1.06 bits per heavy atom. The highest BCUT2D eigenvalue weighted by Gasteiger charge is 2.21. The summed E-state index contributed by atoms with van der Waals surface area (Å²) in [4.78, 5) is 46.5. The minimum atomic E-state index is -1.14. The topological polar surface area (TPSA) is 209 Å². The van der Waals surface area contributed by atoms with Crippen LogP contribution in [0.1, 0.15) is 40.0 Å². The number of fused-ring (bicyclic) bond motifs is 1. The van der Waals surface area contributed by atoms with E-state index in [-0.39, 0.29) is 17.9 Å². The molecule has 1 aromatic carbocycles. The lowest BCUT2D eigenvalue weighted by atomic mass is 10.0. The first-order valence-electron chi connectivity index (χ1n) is 11.1. The standard InChI is InChI=1S/C23H26N8O4/c24-19-18-14(11-26-20(18)29-23(25)28-19)3-1-2-12-4-6-13(7-5-12)21(33)27-16(22(34)35)9-8-15-10-17(32)31-30-15/h4-7,10-11,16H,1-3,8-9H2,(H,27,33)(H,34,35)(H2,30,31,32)(H5,24,25,26,28,29)/t16-/m0/s1. The smallest absolute Gasteiger partial charge is 0.326 e. The number of aromatic amines is 3. The number of H-pyrrole nitrogens is 3. The summed E-state index contributed by atoms with van der Waals surface area (Å²) in [5, 5.41) is 17.8. The summed E-state index contributed by atoms with van der Waals surface area (Å²) in [6.07, 6.45) is 4.67. The molecule has 1 amide bonds. The number of rotatable bonds is 10. The maximum Gasteiger partial charge on any atom is 0.326 e. The molecule has 0 spiro atoms. The SMILES string of the molecule is Nc1nc(N)c2c(CCCc3ccc(C(=O)N[C@@H](CCc4cc(=O)[nH][nH]4)C(=O)O)cc3)c[nH]c2n1. The summed E-state index contributed by atoms with van der Waals surface area (Å²) in [6, 6.07) is 7.33. The van der Waals surface area contributed by atoms with E-state index in [1.807, 2.05) is 18.3 Å². The van der Waals surface area contributed by atoms with E-state index in [1.54, 1.807) is 12.1 Å². The number of hydrogen-bond acceptors (Lipinski definition) is 7. The first-order valence-corrected chi connectivity index (χ1v) is 11.1. The third kappa shape index (κ3) is 5.66. The zero-order chi connectivity index (χ0) is 24.9. The summed E-state index contributed by atoms with van der Waals surface area (Å²) >= 11 is 0. The maximum atomic E-state index is 12.6. The highest BCUT2D eigenvalue weighted by molar-refractivity contribution is 5.96. The molecule has 12 nitrogen and oxygen atoms in total. The first kappa shape index (κ1) is 23.5. The number of hydrogen-bond donors (Lipinski definition) is 7. The number of nitrogens with two attached hydrogens (primary N) is 2. The molecule has 0 aliphatic rings. The fourth-order valence-corrected chi connectivity index (χ4v) is 3.95. The lowest BCUT2D eigenvalue weighted by molar-refractivity contribution is -0.139. The van der Waals surface area contributed by atoms with Gasteiger partial charge in [-0.1, -0.05) is 12.1 Å². The van der Waals surface area contributed by atoms with Crippen LogP contribution in [-0.4, -0.2) is 48.2 Å². The summed E-state index contributed by atoms with van der Waals surface area (Å²) in [7, 11) is 0. The molecule has 0 aliphatic heterocycles.